The predicted molar refractivity (Wildman–Crippen MR) is 99.6 cm³/mol. The highest BCUT2D eigenvalue weighted by Gasteiger charge is 2.68. The molecule has 2 aromatic rings. The van der Waals surface area contributed by atoms with Gasteiger partial charge in [0.1, 0.15) is 6.10 Å². The Morgan fingerprint density at radius 1 is 1.00 bits per heavy atom. The smallest absolute Gasteiger partial charge is 0.310 e. The second-order valence-corrected chi connectivity index (χ2v) is 8.52. The number of rotatable bonds is 4. The summed E-state index contributed by atoms with van der Waals surface area (Å²) in [6.45, 7) is 0. The number of amides is 1. The van der Waals surface area contributed by atoms with Crippen LogP contribution in [0.2, 0.25) is 0 Å². The van der Waals surface area contributed by atoms with Gasteiger partial charge in [0, 0.05) is 16.5 Å². The molecule has 4 nitrogen and oxygen atoms in total. The van der Waals surface area contributed by atoms with Crippen molar-refractivity contribution in [2.45, 2.75) is 22.7 Å². The highest BCUT2D eigenvalue weighted by Crippen LogP contribution is 2.61. The van der Waals surface area contributed by atoms with E-state index in [0.717, 1.165) is 17.0 Å². The number of thioether (sulfide) groups is 1. The molecule has 3 aliphatic rings. The molecule has 1 N–H and O–H groups in total. The molecule has 1 heterocycles. The first-order valence-corrected chi connectivity index (χ1v) is 9.88. The van der Waals surface area contributed by atoms with Gasteiger partial charge in [0.2, 0.25) is 5.91 Å². The number of para-hydroxylation sites is 1. The molecular weight excluding hydrogens is 346 g/mol. The maximum Gasteiger partial charge on any atom is 0.310 e. The summed E-state index contributed by atoms with van der Waals surface area (Å²) in [6, 6.07) is 19.6. The molecule has 2 aromatic carbocycles. The largest absolute Gasteiger partial charge is 0.461 e. The van der Waals surface area contributed by atoms with Gasteiger partial charge < -0.3 is 10.1 Å². The van der Waals surface area contributed by atoms with Gasteiger partial charge in [0.15, 0.2) is 0 Å². The van der Waals surface area contributed by atoms with E-state index >= 15 is 0 Å². The monoisotopic (exact) mass is 365 g/mol. The fourth-order valence-electron chi connectivity index (χ4n) is 4.91. The Morgan fingerprint density at radius 3 is 2.42 bits per heavy atom. The lowest BCUT2D eigenvalue weighted by Gasteiger charge is -2.30. The van der Waals surface area contributed by atoms with E-state index in [2.05, 4.69) is 17.4 Å². The van der Waals surface area contributed by atoms with Crippen LogP contribution in [0.25, 0.3) is 0 Å². The number of fused-ring (bicyclic) bond motifs is 1. The number of nitrogens with one attached hydrogen (secondary N) is 1. The van der Waals surface area contributed by atoms with Crippen molar-refractivity contribution < 1.29 is 14.3 Å². The third kappa shape index (κ3) is 2.45. The molecule has 0 unspecified atom stereocenters. The van der Waals surface area contributed by atoms with Crippen LogP contribution in [0.1, 0.15) is 6.42 Å². The van der Waals surface area contributed by atoms with Crippen molar-refractivity contribution in [1.29, 1.82) is 0 Å². The maximum absolute atomic E-state index is 13.0. The normalized spacial score (nSPS) is 33.9. The minimum atomic E-state index is -0.298. The standard InChI is InChI=1S/C21H19NO3S/c23-20(22-12-7-3-1-4-8-12)16-15-11-14-17(16)21(24)25-18(14)19(15)26-13-9-5-2-6-10-13/h1-10,14-19H,11H2,(H,22,23)/t14-,15+,16-,17-,18+,19-/m0/s1. The number of ether oxygens (including phenoxy) is 1. The Hall–Kier alpha value is -2.27. The molecule has 6 atom stereocenters. The predicted octanol–water partition coefficient (Wildman–Crippen LogP) is 3.59. The van der Waals surface area contributed by atoms with Gasteiger partial charge in [0.05, 0.1) is 17.1 Å². The molecule has 0 spiro atoms. The average Bonchev–Trinajstić information content (AvgIpc) is 3.27. The zero-order valence-corrected chi connectivity index (χ0v) is 14.9. The number of esters is 1. The molecule has 1 aliphatic heterocycles. The average molecular weight is 365 g/mol. The van der Waals surface area contributed by atoms with Crippen molar-refractivity contribution in [2.75, 3.05) is 5.32 Å². The van der Waals surface area contributed by atoms with E-state index in [-0.39, 0.29) is 46.9 Å². The molecule has 132 valence electrons. The number of hydrogen-bond acceptors (Lipinski definition) is 4. The van der Waals surface area contributed by atoms with E-state index in [4.69, 9.17) is 4.74 Å². The number of carbonyl (C=O) groups is 2. The quantitative estimate of drug-likeness (QED) is 0.842. The van der Waals surface area contributed by atoms with Crippen molar-refractivity contribution in [2.24, 2.45) is 23.7 Å². The SMILES string of the molecule is O=C1O[C@@H]2[C@H]3C[C@@H]([C@@H]2Sc2ccccc2)[C@H](C(=O)Nc2ccccc2)[C@@H]13. The third-order valence-electron chi connectivity index (χ3n) is 5.91. The van der Waals surface area contributed by atoms with Gasteiger partial charge in [-0.05, 0) is 36.6 Å². The van der Waals surface area contributed by atoms with Gasteiger partial charge in [-0.3, -0.25) is 9.59 Å². The van der Waals surface area contributed by atoms with Crippen LogP contribution in [0.15, 0.2) is 65.6 Å². The molecule has 2 bridgehead atoms. The van der Waals surface area contributed by atoms with Crippen molar-refractivity contribution in [3.05, 3.63) is 60.7 Å². The Kier molecular flexibility index (Phi) is 3.78. The lowest BCUT2D eigenvalue weighted by atomic mass is 9.79. The summed E-state index contributed by atoms with van der Waals surface area (Å²) in [5.41, 5.74) is 0.774. The molecule has 1 amide bonds. The van der Waals surface area contributed by atoms with E-state index in [1.165, 1.54) is 0 Å². The summed E-state index contributed by atoms with van der Waals surface area (Å²) in [4.78, 5) is 26.6. The molecule has 3 fully saturated rings. The van der Waals surface area contributed by atoms with Gasteiger partial charge in [-0.25, -0.2) is 0 Å². The number of hydrogen-bond donors (Lipinski definition) is 1. The van der Waals surface area contributed by atoms with Gasteiger partial charge in [-0.2, -0.15) is 0 Å². The summed E-state index contributed by atoms with van der Waals surface area (Å²) < 4.78 is 5.71. The van der Waals surface area contributed by atoms with Gasteiger partial charge in [-0.1, -0.05) is 36.4 Å². The van der Waals surface area contributed by atoms with Crippen molar-refractivity contribution in [3.8, 4) is 0 Å². The third-order valence-corrected chi connectivity index (χ3v) is 7.34. The molecular formula is C21H19NO3S. The van der Waals surface area contributed by atoms with Crippen LogP contribution in [-0.4, -0.2) is 23.2 Å². The van der Waals surface area contributed by atoms with Crippen LogP contribution in [0.4, 0.5) is 5.69 Å². The lowest BCUT2D eigenvalue weighted by molar-refractivity contribution is -0.145. The molecule has 26 heavy (non-hydrogen) atoms. The van der Waals surface area contributed by atoms with E-state index in [9.17, 15) is 9.59 Å². The van der Waals surface area contributed by atoms with Gasteiger partial charge in [0.25, 0.3) is 0 Å². The number of anilines is 1. The zero-order valence-electron chi connectivity index (χ0n) is 14.1. The summed E-state index contributed by atoms with van der Waals surface area (Å²) in [7, 11) is 0. The first-order valence-electron chi connectivity index (χ1n) is 9.00. The molecule has 0 radical (unpaired) electrons. The summed E-state index contributed by atoms with van der Waals surface area (Å²) in [5, 5.41) is 3.15. The van der Waals surface area contributed by atoms with E-state index in [1.54, 1.807) is 11.8 Å². The summed E-state index contributed by atoms with van der Waals surface area (Å²) in [5.74, 6) is -0.457. The van der Waals surface area contributed by atoms with Crippen molar-refractivity contribution >= 4 is 29.3 Å². The second-order valence-electron chi connectivity index (χ2n) is 7.27. The maximum atomic E-state index is 13.0. The summed E-state index contributed by atoms with van der Waals surface area (Å²) >= 11 is 1.75. The van der Waals surface area contributed by atoms with E-state index in [1.807, 2.05) is 48.5 Å². The minimum Gasteiger partial charge on any atom is -0.461 e. The lowest BCUT2D eigenvalue weighted by Crippen LogP contribution is -2.41. The van der Waals surface area contributed by atoms with Crippen LogP contribution in [0.3, 0.4) is 0 Å². The Morgan fingerprint density at radius 2 is 1.69 bits per heavy atom. The molecule has 5 heteroatoms. The topological polar surface area (TPSA) is 55.4 Å². The van der Waals surface area contributed by atoms with Gasteiger partial charge >= 0.3 is 5.97 Å². The second kappa shape index (κ2) is 6.16. The number of carbonyl (C=O) groups excluding carboxylic acids is 2. The van der Waals surface area contributed by atoms with Gasteiger partial charge in [-0.15, -0.1) is 11.8 Å². The van der Waals surface area contributed by atoms with Crippen LogP contribution < -0.4 is 5.32 Å². The fourth-order valence-corrected chi connectivity index (χ4v) is 6.38. The van der Waals surface area contributed by atoms with E-state index in [0.29, 0.717) is 0 Å². The molecule has 2 saturated carbocycles. The first-order chi connectivity index (χ1) is 12.7. The highest BCUT2D eigenvalue weighted by molar-refractivity contribution is 8.00. The Bertz CT molecular complexity index is 841. The van der Waals surface area contributed by atoms with Crippen LogP contribution >= 0.6 is 11.8 Å². The van der Waals surface area contributed by atoms with E-state index < -0.39 is 0 Å². The molecule has 0 aromatic heterocycles. The number of benzene rings is 2. The summed E-state index contributed by atoms with van der Waals surface area (Å²) in [6.07, 6.45) is 0.849. The molecule has 1 saturated heterocycles. The minimum absolute atomic E-state index is 0.0512. The molecule has 2 aliphatic carbocycles. The first kappa shape index (κ1) is 15.9. The van der Waals surface area contributed by atoms with Crippen LogP contribution in [0, 0.1) is 23.7 Å². The van der Waals surface area contributed by atoms with Crippen molar-refractivity contribution in [3.63, 3.8) is 0 Å². The zero-order chi connectivity index (χ0) is 17.7. The van der Waals surface area contributed by atoms with Crippen LogP contribution in [0.5, 0.6) is 0 Å². The Labute approximate surface area is 156 Å². The highest BCUT2D eigenvalue weighted by atomic mass is 32.2. The molecule has 5 rings (SSSR count). The Balaban J connectivity index is 1.41. The van der Waals surface area contributed by atoms with Crippen molar-refractivity contribution in [1.82, 2.24) is 0 Å². The van der Waals surface area contributed by atoms with Crippen LogP contribution in [-0.2, 0) is 14.3 Å². The fraction of sp³-hybridized carbons (Fsp3) is 0.333.